The summed E-state index contributed by atoms with van der Waals surface area (Å²) < 4.78 is 5.53. The zero-order chi connectivity index (χ0) is 51.2. The Kier molecular flexibility index (Phi) is 24.5. The van der Waals surface area contributed by atoms with E-state index in [0.29, 0.717) is 37.2 Å². The molecule has 0 bridgehead atoms. The van der Waals surface area contributed by atoms with E-state index >= 15 is 0 Å². The first kappa shape index (κ1) is 57.6. The van der Waals surface area contributed by atoms with Crippen molar-refractivity contribution in [3.05, 3.63) is 29.8 Å². The number of hydrazine groups is 1. The minimum Gasteiger partial charge on any atom is -0.494 e. The number of ether oxygens (including phenoxy) is 1. The van der Waals surface area contributed by atoms with Gasteiger partial charge in [0.15, 0.2) is 0 Å². The van der Waals surface area contributed by atoms with Gasteiger partial charge in [0.1, 0.15) is 48.0 Å². The predicted molar refractivity (Wildman–Crippen MR) is 256 cm³/mol. The van der Waals surface area contributed by atoms with Crippen LogP contribution in [0.3, 0.4) is 0 Å². The number of amides is 10. The number of hydrogen-bond acceptors (Lipinski definition) is 16. The molecular formula is C43H68N12O12S2. The number of aliphatic hydroxyl groups is 1. The van der Waals surface area contributed by atoms with E-state index in [1.807, 2.05) is 12.3 Å². The normalized spacial score (nSPS) is 23.6. The average molecular weight is 1010 g/mol. The summed E-state index contributed by atoms with van der Waals surface area (Å²) in [5.74, 6) is -2.88. The number of benzene rings is 1. The zero-order valence-electron chi connectivity index (χ0n) is 39.3. The van der Waals surface area contributed by atoms with Crippen molar-refractivity contribution < 1.29 is 57.8 Å². The average Bonchev–Trinajstić information content (AvgIpc) is 3.82. The first-order valence-electron chi connectivity index (χ1n) is 22.8. The molecule has 26 heteroatoms. The van der Waals surface area contributed by atoms with Crippen LogP contribution in [0.2, 0.25) is 0 Å². The highest BCUT2D eigenvalue weighted by Gasteiger charge is 2.41. The third-order valence-corrected chi connectivity index (χ3v) is 13.7. The Bertz CT molecular complexity index is 1970. The Morgan fingerprint density at radius 1 is 0.899 bits per heavy atom. The topological polar surface area (TPSA) is 378 Å². The number of nitrogens with one attached hydrogen (secondary N) is 8. The molecule has 0 spiro atoms. The lowest BCUT2D eigenvalue weighted by molar-refractivity contribution is -0.142. The van der Waals surface area contributed by atoms with Crippen molar-refractivity contribution in [3.63, 3.8) is 0 Å². The second-order valence-corrected chi connectivity index (χ2v) is 19.2. The molecule has 2 aliphatic heterocycles. The van der Waals surface area contributed by atoms with Gasteiger partial charge in [-0.05, 0) is 69.7 Å². The Morgan fingerprint density at radius 3 is 2.19 bits per heavy atom. The van der Waals surface area contributed by atoms with Crippen LogP contribution in [0.5, 0.6) is 5.75 Å². The van der Waals surface area contributed by atoms with Crippen molar-refractivity contribution in [3.8, 4) is 5.75 Å². The lowest BCUT2D eigenvalue weighted by Gasteiger charge is -2.31. The number of carbonyl (C=O) groups excluding carboxylic acids is 10. The first-order valence-corrected chi connectivity index (χ1v) is 25.3. The number of carbonyl (C=O) groups is 10. The van der Waals surface area contributed by atoms with E-state index in [1.54, 1.807) is 38.1 Å². The molecule has 69 heavy (non-hydrogen) atoms. The summed E-state index contributed by atoms with van der Waals surface area (Å²) in [7, 11) is 2.26. The molecule has 0 saturated carbocycles. The highest BCUT2D eigenvalue weighted by molar-refractivity contribution is 8.76. The van der Waals surface area contributed by atoms with E-state index in [-0.39, 0.29) is 50.3 Å². The highest BCUT2D eigenvalue weighted by Crippen LogP contribution is 2.26. The molecule has 0 unspecified atom stereocenters. The van der Waals surface area contributed by atoms with Gasteiger partial charge >= 0.3 is 0 Å². The van der Waals surface area contributed by atoms with Gasteiger partial charge in [-0.2, -0.15) is 0 Å². The van der Waals surface area contributed by atoms with Gasteiger partial charge in [-0.15, -0.1) is 0 Å². The molecule has 24 nitrogen and oxygen atoms in total. The molecule has 1 aromatic rings. The minimum atomic E-state index is -1.74. The molecule has 15 N–H and O–H groups in total. The maximum Gasteiger partial charge on any atom is 0.253 e. The van der Waals surface area contributed by atoms with Crippen LogP contribution in [0.15, 0.2) is 24.3 Å². The summed E-state index contributed by atoms with van der Waals surface area (Å²) >= 11 is 0. The van der Waals surface area contributed by atoms with Crippen LogP contribution >= 0.6 is 21.6 Å². The van der Waals surface area contributed by atoms with Gasteiger partial charge in [0, 0.05) is 30.9 Å². The van der Waals surface area contributed by atoms with E-state index in [9.17, 15) is 53.1 Å². The van der Waals surface area contributed by atoms with E-state index in [0.717, 1.165) is 10.8 Å². The Labute approximate surface area is 408 Å². The van der Waals surface area contributed by atoms with Crippen LogP contribution in [-0.2, 0) is 54.4 Å². The van der Waals surface area contributed by atoms with Gasteiger partial charge in [-0.25, -0.2) is 5.84 Å². The molecule has 0 radical (unpaired) electrons. The van der Waals surface area contributed by atoms with E-state index in [4.69, 9.17) is 22.0 Å². The lowest BCUT2D eigenvalue weighted by Crippen LogP contribution is -2.63. The van der Waals surface area contributed by atoms with Crippen molar-refractivity contribution in [2.75, 3.05) is 37.7 Å². The smallest absolute Gasteiger partial charge is 0.253 e. The Morgan fingerprint density at radius 2 is 1.57 bits per heavy atom. The van der Waals surface area contributed by atoms with Crippen molar-refractivity contribution in [2.45, 2.75) is 127 Å². The maximum absolute atomic E-state index is 14.4. The molecule has 2 saturated heterocycles. The third kappa shape index (κ3) is 18.6. The standard InChI is InChI=1S/C43H68N12O12S2/c1-5-23(3)35-41(64)53-36(24(4)56)42(65)50-29(20-32(45)57)38(61)51-30(22-69-68-18-15-33(58)48-28(39(62)52-35)19-25-11-13-26(14-12-25)67-6-2)43(66)55-17-8-10-31(55)40(63)49-27(9-7-16-44)37(60)47-21-34(59)54-46/h11-14,23-24,27-31,35-36,56H,5-10,15-22,44,46H2,1-4H3,(H2,45,57)(H,47,60)(H,48,58)(H,49,63)(H,50,65)(H,51,61)(H,52,62)(H,53,64)(H,54,59)/t23-,24+,27-,28+,29-,30-,31-,35-,36-/m0/s1. The number of aliphatic hydroxyl groups excluding tert-OH is 1. The highest BCUT2D eigenvalue weighted by atomic mass is 33.1. The van der Waals surface area contributed by atoms with Gasteiger partial charge in [0.05, 0.1) is 25.7 Å². The molecule has 0 aromatic heterocycles. The second-order valence-electron chi connectivity index (χ2n) is 16.6. The Balaban J connectivity index is 1.98. The molecule has 3 rings (SSSR count). The fourth-order valence-electron chi connectivity index (χ4n) is 7.34. The maximum atomic E-state index is 14.4. The van der Waals surface area contributed by atoms with E-state index < -0.39 is 126 Å². The SMILES string of the molecule is CCOc1ccc(C[C@H]2NC(=O)CCSSC[C@@H](C(=O)N3CCC[C@H]3C(=O)N[C@@H](CCCN)C(=O)NCC(=O)NN)NC(=O)[C@H](CC(N)=O)NC(=O)[C@H]([C@@H](C)O)NC(=O)[C@H]([C@@H](C)CC)NC2=O)cc1. The monoisotopic (exact) mass is 1010 g/mol. The van der Waals surface area contributed by atoms with Gasteiger partial charge < -0.3 is 63.4 Å². The quantitative estimate of drug-likeness (QED) is 0.0293. The summed E-state index contributed by atoms with van der Waals surface area (Å²) in [5, 5.41) is 28.7. The number of nitrogens with two attached hydrogens (primary N) is 3. The largest absolute Gasteiger partial charge is 0.494 e. The second kappa shape index (κ2) is 29.4. The first-order chi connectivity index (χ1) is 32.8. The lowest BCUT2D eigenvalue weighted by atomic mass is 9.96. The van der Waals surface area contributed by atoms with Crippen LogP contribution in [0, 0.1) is 5.92 Å². The number of primary amides is 1. The van der Waals surface area contributed by atoms with Crippen molar-refractivity contribution in [1.82, 2.24) is 47.5 Å². The third-order valence-electron chi connectivity index (χ3n) is 11.3. The minimum absolute atomic E-state index is 0.0226. The van der Waals surface area contributed by atoms with Crippen LogP contribution < -0.4 is 64.7 Å². The van der Waals surface area contributed by atoms with Gasteiger partial charge in [-0.1, -0.05) is 54.0 Å². The van der Waals surface area contributed by atoms with E-state index in [2.05, 4.69) is 37.2 Å². The summed E-state index contributed by atoms with van der Waals surface area (Å²) in [6, 6.07) is -2.65. The number of likely N-dealkylation sites (tertiary alicyclic amines) is 1. The predicted octanol–water partition coefficient (Wildman–Crippen LogP) is -3.54. The molecule has 384 valence electrons. The van der Waals surface area contributed by atoms with Gasteiger partial charge in [-0.3, -0.25) is 53.4 Å². The molecule has 1 aromatic carbocycles. The van der Waals surface area contributed by atoms with Crippen molar-refractivity contribution in [2.24, 2.45) is 23.2 Å². The summed E-state index contributed by atoms with van der Waals surface area (Å²) in [6.07, 6.45) is -1.09. The van der Waals surface area contributed by atoms with E-state index in [1.165, 1.54) is 22.6 Å². The zero-order valence-corrected chi connectivity index (χ0v) is 41.0. The van der Waals surface area contributed by atoms with Crippen LogP contribution in [0.1, 0.15) is 78.2 Å². The van der Waals surface area contributed by atoms with Gasteiger partial charge in [0.2, 0.25) is 53.2 Å². The summed E-state index contributed by atoms with van der Waals surface area (Å²) in [6.45, 7) is 6.72. The molecule has 0 aliphatic carbocycles. The van der Waals surface area contributed by atoms with Crippen LogP contribution in [0.4, 0.5) is 0 Å². The van der Waals surface area contributed by atoms with Crippen molar-refractivity contribution in [1.29, 1.82) is 0 Å². The number of hydrogen-bond donors (Lipinski definition) is 12. The fourth-order valence-corrected chi connectivity index (χ4v) is 9.48. The molecule has 2 heterocycles. The molecule has 2 fully saturated rings. The summed E-state index contributed by atoms with van der Waals surface area (Å²) in [4.78, 5) is 136. The molecule has 10 amide bonds. The fraction of sp³-hybridized carbons (Fsp3) is 0.628. The number of rotatable bonds is 18. The molecule has 9 atom stereocenters. The number of nitrogens with zero attached hydrogens (tertiary/aromatic N) is 1. The van der Waals surface area contributed by atoms with Gasteiger partial charge in [0.25, 0.3) is 5.91 Å². The van der Waals surface area contributed by atoms with Crippen LogP contribution in [0.25, 0.3) is 0 Å². The summed E-state index contributed by atoms with van der Waals surface area (Å²) in [5.41, 5.74) is 13.7. The molecular weight excluding hydrogens is 941 g/mol. The van der Waals surface area contributed by atoms with Crippen LogP contribution in [-0.4, -0.2) is 155 Å². The Hall–Kier alpha value is -5.70. The van der Waals surface area contributed by atoms with Crippen molar-refractivity contribution >= 4 is 80.7 Å². The molecule has 2 aliphatic rings.